The van der Waals surface area contributed by atoms with Gasteiger partial charge in [-0.15, -0.1) is 0 Å². The molecule has 6 nitrogen and oxygen atoms in total. The predicted octanol–water partition coefficient (Wildman–Crippen LogP) is 1.55. The highest BCUT2D eigenvalue weighted by molar-refractivity contribution is 5.83. The molecule has 26 heavy (non-hydrogen) atoms. The summed E-state index contributed by atoms with van der Waals surface area (Å²) in [6, 6.07) is 6.74. The normalized spacial score (nSPS) is 21.7. The van der Waals surface area contributed by atoms with Crippen LogP contribution in [0.15, 0.2) is 24.3 Å². The number of benzene rings is 1. The van der Waals surface area contributed by atoms with E-state index >= 15 is 0 Å². The lowest BCUT2D eigenvalue weighted by Gasteiger charge is -2.39. The maximum Gasteiger partial charge on any atom is 0.241 e. The van der Waals surface area contributed by atoms with Crippen LogP contribution in [0.5, 0.6) is 0 Å². The molecule has 0 bridgehead atoms. The Bertz CT molecular complexity index is 656. The van der Waals surface area contributed by atoms with Gasteiger partial charge in [0.15, 0.2) is 0 Å². The first-order valence-electron chi connectivity index (χ1n) is 9.03. The molecule has 0 unspecified atom stereocenters. The van der Waals surface area contributed by atoms with Crippen molar-refractivity contribution < 1.29 is 18.7 Å². The molecule has 0 saturated carbocycles. The van der Waals surface area contributed by atoms with Gasteiger partial charge in [-0.25, -0.2) is 4.39 Å². The summed E-state index contributed by atoms with van der Waals surface area (Å²) >= 11 is 0. The lowest BCUT2D eigenvalue weighted by Crippen LogP contribution is -2.49. The second-order valence-electron chi connectivity index (χ2n) is 7.23. The molecule has 0 aliphatic carbocycles. The smallest absolute Gasteiger partial charge is 0.241 e. The van der Waals surface area contributed by atoms with E-state index in [0.29, 0.717) is 19.7 Å². The number of likely N-dealkylation sites (tertiary alicyclic amines) is 1. The number of carbonyl (C=O) groups excluding carboxylic acids is 2. The Morgan fingerprint density at radius 2 is 1.96 bits per heavy atom. The highest BCUT2D eigenvalue weighted by atomic mass is 19.1. The Balaban J connectivity index is 1.53. The number of hydrogen-bond acceptors (Lipinski definition) is 4. The average molecular weight is 363 g/mol. The third-order valence-electron chi connectivity index (χ3n) is 5.49. The number of hydrogen-bond donors (Lipinski definition) is 1. The Kier molecular flexibility index (Phi) is 5.46. The van der Waals surface area contributed by atoms with E-state index in [9.17, 15) is 14.0 Å². The van der Waals surface area contributed by atoms with E-state index in [1.165, 1.54) is 19.1 Å². The summed E-state index contributed by atoms with van der Waals surface area (Å²) in [5.41, 5.74) is 0.781. The summed E-state index contributed by atoms with van der Waals surface area (Å²) in [7, 11) is 2.01. The van der Waals surface area contributed by atoms with E-state index in [-0.39, 0.29) is 35.8 Å². The molecule has 142 valence electrons. The number of anilines is 1. The molecule has 1 atom stereocenters. The Labute approximate surface area is 153 Å². The zero-order chi connectivity index (χ0) is 18.7. The van der Waals surface area contributed by atoms with Gasteiger partial charge in [-0.05, 0) is 43.5 Å². The monoisotopic (exact) mass is 363 g/mol. The second kappa shape index (κ2) is 7.61. The van der Waals surface area contributed by atoms with E-state index in [1.54, 1.807) is 17.0 Å². The summed E-state index contributed by atoms with van der Waals surface area (Å²) in [5.74, 6) is -0.483. The van der Waals surface area contributed by atoms with Crippen molar-refractivity contribution in [3.8, 4) is 0 Å². The van der Waals surface area contributed by atoms with Crippen LogP contribution in [0, 0.1) is 5.82 Å². The SMILES string of the molecule is CC(=O)NCC(=O)N1CCC2(CC1)C[C@@H](N(C)c1ccc(F)cc1)CO2. The van der Waals surface area contributed by atoms with Crippen molar-refractivity contribution in [3.05, 3.63) is 30.1 Å². The summed E-state index contributed by atoms with van der Waals surface area (Å²) in [5, 5.41) is 2.55. The summed E-state index contributed by atoms with van der Waals surface area (Å²) < 4.78 is 19.3. The zero-order valence-electron chi connectivity index (χ0n) is 15.3. The number of amides is 2. The van der Waals surface area contributed by atoms with Crippen LogP contribution in [0.25, 0.3) is 0 Å². The molecular weight excluding hydrogens is 337 g/mol. The highest BCUT2D eigenvalue weighted by Gasteiger charge is 2.44. The molecule has 0 radical (unpaired) electrons. The molecule has 0 aromatic heterocycles. The lowest BCUT2D eigenvalue weighted by molar-refractivity contribution is -0.136. The molecule has 2 aliphatic heterocycles. The molecule has 1 N–H and O–H groups in total. The number of rotatable bonds is 4. The van der Waals surface area contributed by atoms with Crippen LogP contribution in [0.3, 0.4) is 0 Å². The van der Waals surface area contributed by atoms with Crippen LogP contribution in [-0.2, 0) is 14.3 Å². The maximum atomic E-state index is 13.1. The zero-order valence-corrected chi connectivity index (χ0v) is 15.3. The molecule has 7 heteroatoms. The number of halogens is 1. The van der Waals surface area contributed by atoms with Gasteiger partial charge in [-0.1, -0.05) is 0 Å². The molecule has 1 spiro atoms. The van der Waals surface area contributed by atoms with Crippen molar-refractivity contribution in [2.45, 2.75) is 37.8 Å². The van der Waals surface area contributed by atoms with Crippen LogP contribution in [0.4, 0.5) is 10.1 Å². The van der Waals surface area contributed by atoms with E-state index in [2.05, 4.69) is 10.2 Å². The first kappa shape index (κ1) is 18.6. The van der Waals surface area contributed by atoms with E-state index in [1.807, 2.05) is 7.05 Å². The molecule has 1 aromatic rings. The quantitative estimate of drug-likeness (QED) is 0.882. The van der Waals surface area contributed by atoms with Gasteiger partial charge < -0.3 is 19.9 Å². The minimum Gasteiger partial charge on any atom is -0.373 e. The van der Waals surface area contributed by atoms with Crippen LogP contribution < -0.4 is 10.2 Å². The summed E-state index contributed by atoms with van der Waals surface area (Å²) in [6.45, 7) is 3.38. The fourth-order valence-corrected chi connectivity index (χ4v) is 3.78. The third-order valence-corrected chi connectivity index (χ3v) is 5.49. The number of carbonyl (C=O) groups is 2. The third kappa shape index (κ3) is 4.15. The lowest BCUT2D eigenvalue weighted by atomic mass is 9.87. The van der Waals surface area contributed by atoms with Crippen LogP contribution >= 0.6 is 0 Å². The second-order valence-corrected chi connectivity index (χ2v) is 7.23. The number of nitrogens with one attached hydrogen (secondary N) is 1. The molecule has 2 fully saturated rings. The number of nitrogens with zero attached hydrogens (tertiary/aromatic N) is 2. The minimum absolute atomic E-state index is 0.0481. The van der Waals surface area contributed by atoms with E-state index < -0.39 is 0 Å². The van der Waals surface area contributed by atoms with Crippen molar-refractivity contribution in [1.29, 1.82) is 0 Å². The van der Waals surface area contributed by atoms with Gasteiger partial charge in [0, 0.05) is 32.7 Å². The molecule has 2 amide bonds. The minimum atomic E-state index is -0.238. The van der Waals surface area contributed by atoms with E-state index in [0.717, 1.165) is 24.9 Å². The standard InChI is InChI=1S/C19H26FN3O3/c1-14(24)21-12-18(25)23-9-7-19(8-10-23)11-17(13-26-19)22(2)16-5-3-15(20)4-6-16/h3-6,17H,7-13H2,1-2H3,(H,21,24)/t17-/m1/s1. The van der Waals surface area contributed by atoms with Crippen LogP contribution in [0.1, 0.15) is 26.2 Å². The van der Waals surface area contributed by atoms with Crippen molar-refractivity contribution in [2.24, 2.45) is 0 Å². The van der Waals surface area contributed by atoms with Gasteiger partial charge in [-0.2, -0.15) is 0 Å². The van der Waals surface area contributed by atoms with Crippen LogP contribution in [0.2, 0.25) is 0 Å². The Morgan fingerprint density at radius 3 is 2.58 bits per heavy atom. The summed E-state index contributed by atoms with van der Waals surface area (Å²) in [4.78, 5) is 27.0. The van der Waals surface area contributed by atoms with Crippen molar-refractivity contribution in [2.75, 3.05) is 38.2 Å². The van der Waals surface area contributed by atoms with Gasteiger partial charge in [-0.3, -0.25) is 9.59 Å². The molecule has 2 saturated heterocycles. The first-order chi connectivity index (χ1) is 12.4. The van der Waals surface area contributed by atoms with Crippen molar-refractivity contribution >= 4 is 17.5 Å². The number of ether oxygens (including phenoxy) is 1. The summed E-state index contributed by atoms with van der Waals surface area (Å²) in [6.07, 6.45) is 2.49. The maximum absolute atomic E-state index is 13.1. The fourth-order valence-electron chi connectivity index (χ4n) is 3.78. The van der Waals surface area contributed by atoms with Gasteiger partial charge >= 0.3 is 0 Å². The Hall–Kier alpha value is -2.15. The largest absolute Gasteiger partial charge is 0.373 e. The fraction of sp³-hybridized carbons (Fsp3) is 0.579. The molecule has 3 rings (SSSR count). The Morgan fingerprint density at radius 1 is 1.31 bits per heavy atom. The number of piperidine rings is 1. The van der Waals surface area contributed by atoms with Crippen LogP contribution in [-0.4, -0.2) is 61.6 Å². The number of likely N-dealkylation sites (N-methyl/N-ethyl adjacent to an activating group) is 1. The van der Waals surface area contributed by atoms with Gasteiger partial charge in [0.25, 0.3) is 0 Å². The van der Waals surface area contributed by atoms with Crippen molar-refractivity contribution in [3.63, 3.8) is 0 Å². The topological polar surface area (TPSA) is 61.9 Å². The molecule has 1 aromatic carbocycles. The highest BCUT2D eigenvalue weighted by Crippen LogP contribution is 2.38. The van der Waals surface area contributed by atoms with Crippen molar-refractivity contribution in [1.82, 2.24) is 10.2 Å². The molecule has 2 aliphatic rings. The predicted molar refractivity (Wildman–Crippen MR) is 96.4 cm³/mol. The molecule has 2 heterocycles. The van der Waals surface area contributed by atoms with Gasteiger partial charge in [0.1, 0.15) is 5.82 Å². The van der Waals surface area contributed by atoms with Gasteiger partial charge in [0.05, 0.1) is 24.8 Å². The molecular formula is C19H26FN3O3. The first-order valence-corrected chi connectivity index (χ1v) is 9.03. The van der Waals surface area contributed by atoms with E-state index in [4.69, 9.17) is 4.74 Å². The average Bonchev–Trinajstić information content (AvgIpc) is 3.04. The van der Waals surface area contributed by atoms with Gasteiger partial charge in [0.2, 0.25) is 11.8 Å².